The SMILES string of the molecule is CCC1OC(CC)C2C3OC(CC3C(C)(O)CC(=O)OC3(C(C)C)CCCC3)C12.CCC1OC(CC)C2C3OC(CC3C(O)CC(=O)OC3(CC)CCCC3)C12.CCC1OC(CC)C2C3OC(CC3CC(=O)OC3(CC)CC4CCC3C4)C12.CCC1OC(CC)C2C3OC(CC3CCC(=O)OC3(C)CCCC3)C12. The third-order valence-corrected chi connectivity index (χ3v) is 32.7. The Morgan fingerprint density at radius 3 is 1.41 bits per heavy atom. The van der Waals surface area contributed by atoms with Gasteiger partial charge in [0, 0.05) is 65.6 Å². The predicted molar refractivity (Wildman–Crippen MR) is 409 cm³/mol. The number of hydrogen-bond donors (Lipinski definition) is 2. The van der Waals surface area contributed by atoms with E-state index in [4.69, 9.17) is 56.8 Å². The van der Waals surface area contributed by atoms with Crippen LogP contribution in [-0.2, 0) is 76.0 Å². The van der Waals surface area contributed by atoms with Gasteiger partial charge >= 0.3 is 23.9 Å². The summed E-state index contributed by atoms with van der Waals surface area (Å²) < 4.78 is 74.6. The lowest BCUT2D eigenvalue weighted by atomic mass is 9.66. The fraction of sp³-hybridized carbons (Fsp3) is 0.956. The summed E-state index contributed by atoms with van der Waals surface area (Å²) in [5.41, 5.74) is -2.09. The van der Waals surface area contributed by atoms with E-state index in [9.17, 15) is 29.4 Å². The maximum atomic E-state index is 12.9. The van der Waals surface area contributed by atoms with Gasteiger partial charge in [0.05, 0.1) is 129 Å². The van der Waals surface area contributed by atoms with Crippen LogP contribution in [-0.4, -0.2) is 166 Å². The van der Waals surface area contributed by atoms with Crippen molar-refractivity contribution in [3.8, 4) is 0 Å². The Morgan fingerprint density at radius 2 is 0.917 bits per heavy atom. The first-order valence-electron chi connectivity index (χ1n) is 45.4. The summed E-state index contributed by atoms with van der Waals surface area (Å²) in [7, 11) is 0. The maximum absolute atomic E-state index is 12.9. The lowest BCUT2D eigenvalue weighted by Crippen LogP contribution is -2.49. The minimum absolute atomic E-state index is 0.00938. The molecule has 0 radical (unpaired) electrons. The van der Waals surface area contributed by atoms with Crippen LogP contribution in [0.15, 0.2) is 0 Å². The standard InChI is InChI=1S/C24H40O5.C23H36O4.C22H36O5.C21H34O4/c1-6-16-20-18-12-15(22(28-18)21(20)17(7-2)27-16)23(5,26)13-19(25)29-24(14(3)4)10-8-9-11-24;1-4-16-20-18-10-14(22(26-18)21(20)17(5-2)25-16)11-19(24)27-23(6-3)12-13-7-8-15(23)9-13;1-4-15-19-17-11-13(21(26-17)20(19)16(5-2)25-15)14(23)12-18(24)27-22(6-3)9-7-8-10-22;1-4-14-18-16-12-13(20(24-16)19(18)15(5-2)23-14)8-9-17(22)25-21(3)10-6-7-11-21/h14-18,20-22,26H,6-13H2,1-5H3;13-18,20-22H,4-12H2,1-3H3;13-17,19-21,23H,4-12H2,1-3H3;13-16,18-20H,4-12H2,1-3H3. The first kappa shape index (κ1) is 82.0. The van der Waals surface area contributed by atoms with Crippen LogP contribution < -0.4 is 0 Å². The van der Waals surface area contributed by atoms with Crippen molar-refractivity contribution in [3.05, 3.63) is 0 Å². The number of aliphatic hydroxyl groups excluding tert-OH is 1. The number of rotatable bonds is 26. The molecule has 0 aromatic carbocycles. The van der Waals surface area contributed by atoms with Gasteiger partial charge in [0.15, 0.2) is 0 Å². The molecular weight excluding hydrogens is 1370 g/mol. The predicted octanol–water partition coefficient (Wildman–Crippen LogP) is 16.6. The van der Waals surface area contributed by atoms with Crippen molar-refractivity contribution in [3.63, 3.8) is 0 Å². The fourth-order valence-electron chi connectivity index (χ4n) is 27.3. The Balaban J connectivity index is 0.000000121. The van der Waals surface area contributed by atoms with Crippen LogP contribution in [0.4, 0.5) is 0 Å². The summed E-state index contributed by atoms with van der Waals surface area (Å²) in [5, 5.41) is 22.2. The Hall–Kier alpha value is -2.52. The molecule has 12 aliphatic heterocycles. The lowest BCUT2D eigenvalue weighted by Gasteiger charge is -2.39. The van der Waals surface area contributed by atoms with Crippen LogP contribution in [0.3, 0.4) is 0 Å². The van der Waals surface area contributed by atoms with E-state index in [-0.39, 0.29) is 126 Å². The van der Waals surface area contributed by atoms with E-state index in [1.165, 1.54) is 32.1 Å². The monoisotopic (exact) mass is 1520 g/mol. The maximum Gasteiger partial charge on any atom is 0.309 e. The normalized spacial score (nSPS) is 45.5. The van der Waals surface area contributed by atoms with Crippen LogP contribution >= 0.6 is 0 Å². The van der Waals surface area contributed by atoms with Crippen molar-refractivity contribution in [1.82, 2.24) is 0 Å². The average Bonchev–Trinajstić information content (AvgIpc) is 1.57. The van der Waals surface area contributed by atoms with Gasteiger partial charge in [0.25, 0.3) is 0 Å². The zero-order valence-corrected chi connectivity index (χ0v) is 69.2. The van der Waals surface area contributed by atoms with Gasteiger partial charge in [0.1, 0.15) is 22.4 Å². The van der Waals surface area contributed by atoms with E-state index >= 15 is 0 Å². The third kappa shape index (κ3) is 15.5. The van der Waals surface area contributed by atoms with Crippen molar-refractivity contribution in [2.45, 2.75) is 453 Å². The van der Waals surface area contributed by atoms with Crippen LogP contribution in [0.1, 0.15) is 322 Å². The average molecular weight is 1520 g/mol. The molecule has 614 valence electrons. The van der Waals surface area contributed by atoms with Crippen LogP contribution in [0.5, 0.6) is 0 Å². The summed E-state index contributed by atoms with van der Waals surface area (Å²) in [6.45, 7) is 30.1. The van der Waals surface area contributed by atoms with E-state index < -0.39 is 11.7 Å². The van der Waals surface area contributed by atoms with Gasteiger partial charge in [-0.15, -0.1) is 0 Å². The van der Waals surface area contributed by atoms with E-state index in [2.05, 4.69) is 90.0 Å². The zero-order valence-electron chi connectivity index (χ0n) is 69.2. The first-order valence-corrected chi connectivity index (χ1v) is 45.4. The lowest BCUT2D eigenvalue weighted by molar-refractivity contribution is -0.172. The summed E-state index contributed by atoms with van der Waals surface area (Å²) in [5.74, 6) is 5.81. The van der Waals surface area contributed by atoms with Crippen LogP contribution in [0.2, 0.25) is 0 Å². The van der Waals surface area contributed by atoms with Crippen molar-refractivity contribution in [2.75, 3.05) is 0 Å². The summed E-state index contributed by atoms with van der Waals surface area (Å²) in [6, 6.07) is 0. The first-order chi connectivity index (χ1) is 51.9. The quantitative estimate of drug-likeness (QED) is 0.0607. The smallest absolute Gasteiger partial charge is 0.309 e. The summed E-state index contributed by atoms with van der Waals surface area (Å²) >= 11 is 0. The number of esters is 4. The molecule has 0 aromatic rings. The van der Waals surface area contributed by atoms with Gasteiger partial charge in [-0.25, -0.2) is 0 Å². The molecule has 5 saturated carbocycles. The molecule has 5 aliphatic carbocycles. The molecule has 10 bridgehead atoms. The second-order valence-electron chi connectivity index (χ2n) is 38.8. The summed E-state index contributed by atoms with van der Waals surface area (Å²) in [6.07, 6.45) is 36.8. The molecule has 2 N–H and O–H groups in total. The minimum atomic E-state index is -1.11. The van der Waals surface area contributed by atoms with Gasteiger partial charge in [-0.05, 0) is 242 Å². The molecule has 17 fully saturated rings. The highest BCUT2D eigenvalue weighted by Gasteiger charge is 2.68. The van der Waals surface area contributed by atoms with Crippen molar-refractivity contribution in [2.24, 2.45) is 88.8 Å². The molecule has 12 saturated heterocycles. The number of carbonyl (C=O) groups is 4. The molecule has 12 heterocycles. The Kier molecular flexibility index (Phi) is 25.5. The molecule has 108 heavy (non-hydrogen) atoms. The molecule has 18 heteroatoms. The Morgan fingerprint density at radius 1 is 0.463 bits per heavy atom. The topological polar surface area (TPSA) is 219 Å². The highest BCUT2D eigenvalue weighted by atomic mass is 16.6. The van der Waals surface area contributed by atoms with E-state index in [1.54, 1.807) is 0 Å². The Bertz CT molecular complexity index is 3030. The van der Waals surface area contributed by atoms with Gasteiger partial charge < -0.3 is 67.1 Å². The van der Waals surface area contributed by atoms with E-state index in [0.717, 1.165) is 173 Å². The largest absolute Gasteiger partial charge is 0.459 e. The molecule has 17 rings (SSSR count). The molecule has 0 spiro atoms. The third-order valence-electron chi connectivity index (χ3n) is 32.7. The number of carbonyl (C=O) groups excluding carboxylic acids is 4. The Labute approximate surface area is 649 Å². The second-order valence-corrected chi connectivity index (χ2v) is 38.8. The number of ether oxygens (including phenoxy) is 12. The van der Waals surface area contributed by atoms with Gasteiger partial charge in [0.2, 0.25) is 0 Å². The molecule has 33 atom stereocenters. The zero-order chi connectivity index (χ0) is 76.5. The number of fused-ring (bicyclic) bond motifs is 22. The second kappa shape index (κ2) is 33.6. The summed E-state index contributed by atoms with van der Waals surface area (Å²) in [4.78, 5) is 50.7. The number of hydrogen-bond acceptors (Lipinski definition) is 18. The molecule has 0 amide bonds. The van der Waals surface area contributed by atoms with Crippen LogP contribution in [0.25, 0.3) is 0 Å². The molecule has 33 unspecified atom stereocenters. The fourth-order valence-corrected chi connectivity index (χ4v) is 27.3. The highest BCUT2D eigenvalue weighted by molar-refractivity contribution is 5.72. The van der Waals surface area contributed by atoms with Crippen molar-refractivity contribution >= 4 is 23.9 Å². The van der Waals surface area contributed by atoms with Crippen molar-refractivity contribution < 1.29 is 86.2 Å². The van der Waals surface area contributed by atoms with Crippen molar-refractivity contribution in [1.29, 1.82) is 0 Å². The van der Waals surface area contributed by atoms with Gasteiger partial charge in [-0.3, -0.25) is 19.2 Å². The van der Waals surface area contributed by atoms with Gasteiger partial charge in [-0.1, -0.05) is 83.1 Å². The molecule has 17 aliphatic rings. The van der Waals surface area contributed by atoms with E-state index in [1.807, 2.05) is 6.92 Å². The molecular formula is C90H146O18. The van der Waals surface area contributed by atoms with E-state index in [0.29, 0.717) is 127 Å². The minimum Gasteiger partial charge on any atom is -0.459 e. The van der Waals surface area contributed by atoms with Crippen LogP contribution in [0, 0.1) is 88.8 Å². The molecule has 0 aromatic heterocycles. The highest BCUT2D eigenvalue weighted by Crippen LogP contribution is 2.62. The number of aliphatic hydroxyl groups is 2. The molecule has 18 nitrogen and oxygen atoms in total. The van der Waals surface area contributed by atoms with Gasteiger partial charge in [-0.2, -0.15) is 0 Å².